The maximum absolute atomic E-state index is 13.3. The molecule has 1 atom stereocenters. The van der Waals surface area contributed by atoms with Crippen molar-refractivity contribution in [2.45, 2.75) is 46.1 Å². The number of aryl methyl sites for hydroxylation is 2. The van der Waals surface area contributed by atoms with E-state index in [1.165, 1.54) is 0 Å². The zero-order valence-electron chi connectivity index (χ0n) is 23.4. The molecule has 1 aliphatic heterocycles. The second-order valence-corrected chi connectivity index (χ2v) is 10.4. The molecule has 3 N–H and O–H groups in total. The molecule has 2 aromatic heterocycles. The van der Waals surface area contributed by atoms with Gasteiger partial charge in [0.15, 0.2) is 5.13 Å². The summed E-state index contributed by atoms with van der Waals surface area (Å²) in [6.07, 6.45) is 1.80. The summed E-state index contributed by atoms with van der Waals surface area (Å²) < 4.78 is 10.1. The molecule has 0 aliphatic carbocycles. The summed E-state index contributed by atoms with van der Waals surface area (Å²) in [5.41, 5.74) is 1.61. The van der Waals surface area contributed by atoms with E-state index in [1.54, 1.807) is 39.0 Å². The van der Waals surface area contributed by atoms with Gasteiger partial charge in [-0.3, -0.25) is 14.4 Å². The molecule has 0 bridgehead atoms. The van der Waals surface area contributed by atoms with Gasteiger partial charge in [-0.15, -0.1) is 0 Å². The number of carbonyl (C=O) groups excluding carboxylic acids is 3. The number of amides is 2. The van der Waals surface area contributed by atoms with E-state index in [4.69, 9.17) is 19.2 Å². The molecular formula is C27H34N6O7S. The van der Waals surface area contributed by atoms with Crippen LogP contribution in [0.1, 0.15) is 57.8 Å². The molecule has 14 heteroatoms. The molecule has 2 amide bonds. The van der Waals surface area contributed by atoms with Crippen molar-refractivity contribution in [3.8, 4) is 11.4 Å². The van der Waals surface area contributed by atoms with Gasteiger partial charge in [-0.1, -0.05) is 28.6 Å². The maximum atomic E-state index is 13.3. The Labute approximate surface area is 241 Å². The Hall–Kier alpha value is -4.17. The van der Waals surface area contributed by atoms with Gasteiger partial charge in [0.25, 0.3) is 12.4 Å². The number of ether oxygens (including phenoxy) is 1. The number of hydrogen-bond acceptors (Lipinski definition) is 11. The molecule has 13 nitrogen and oxygen atoms in total. The number of likely N-dealkylation sites (tertiary alicyclic amines) is 1. The topological polar surface area (TPSA) is 177 Å². The van der Waals surface area contributed by atoms with Crippen LogP contribution in [0.25, 0.3) is 11.4 Å². The lowest BCUT2D eigenvalue weighted by atomic mass is 9.87. The van der Waals surface area contributed by atoms with Crippen molar-refractivity contribution < 1.29 is 33.5 Å². The van der Waals surface area contributed by atoms with Gasteiger partial charge in [-0.05, 0) is 64.9 Å². The monoisotopic (exact) mass is 586 g/mol. The average molecular weight is 587 g/mol. The number of aromatic nitrogens is 3. The third-order valence-electron chi connectivity index (χ3n) is 6.47. The number of piperidine rings is 1. The van der Waals surface area contributed by atoms with Crippen molar-refractivity contribution >= 4 is 40.7 Å². The molecule has 1 unspecified atom stereocenters. The summed E-state index contributed by atoms with van der Waals surface area (Å²) in [5.74, 6) is -0.0417. The first-order valence-corrected chi connectivity index (χ1v) is 13.9. The van der Waals surface area contributed by atoms with Crippen LogP contribution in [-0.4, -0.2) is 82.2 Å². The number of anilines is 1. The molecule has 1 aliphatic rings. The summed E-state index contributed by atoms with van der Waals surface area (Å²) in [6.45, 7) is 6.92. The second kappa shape index (κ2) is 15.0. The quantitative estimate of drug-likeness (QED) is 0.248. The number of rotatable bonds is 9. The van der Waals surface area contributed by atoms with E-state index in [2.05, 4.69) is 37.7 Å². The first-order valence-electron chi connectivity index (χ1n) is 13.1. The van der Waals surface area contributed by atoms with Crippen LogP contribution in [0, 0.1) is 19.8 Å². The minimum atomic E-state index is -0.460. The van der Waals surface area contributed by atoms with Crippen molar-refractivity contribution in [3.63, 3.8) is 0 Å². The van der Waals surface area contributed by atoms with Gasteiger partial charge < -0.3 is 29.9 Å². The summed E-state index contributed by atoms with van der Waals surface area (Å²) in [5, 5.41) is 17.0. The second-order valence-electron chi connectivity index (χ2n) is 9.45. The van der Waals surface area contributed by atoms with Crippen LogP contribution in [0.5, 0.6) is 0 Å². The standard InChI is InChI=1S/C26H32N6O5S.CH2O2/c1-5-36-25(35)22-15(2)27-26(38-22)30-21(33)14-20(17-9-11-32(4)12-10-17)29-24(34)19-8-6-7-18(13-19)23-28-16(3)37-31-23;2-1-3/h6-8,13,17,20H,5,9-12,14H2,1-4H3,(H,29,34)(H,27,30,33);1H,(H,2,3). The fraction of sp³-hybridized carbons (Fsp3) is 0.444. The Morgan fingerprint density at radius 2 is 1.95 bits per heavy atom. The minimum Gasteiger partial charge on any atom is -0.483 e. The molecule has 0 spiro atoms. The Morgan fingerprint density at radius 3 is 2.59 bits per heavy atom. The molecule has 0 radical (unpaired) electrons. The molecule has 220 valence electrons. The maximum Gasteiger partial charge on any atom is 0.350 e. The lowest BCUT2D eigenvalue weighted by molar-refractivity contribution is -0.123. The number of nitrogens with one attached hydrogen (secondary N) is 2. The van der Waals surface area contributed by atoms with Gasteiger partial charge in [0, 0.05) is 30.5 Å². The summed E-state index contributed by atoms with van der Waals surface area (Å²) >= 11 is 1.08. The van der Waals surface area contributed by atoms with E-state index in [-0.39, 0.29) is 43.3 Å². The molecule has 1 aromatic carbocycles. The summed E-state index contributed by atoms with van der Waals surface area (Å²) in [4.78, 5) is 58.0. The average Bonchev–Trinajstić information content (AvgIpc) is 3.54. The van der Waals surface area contributed by atoms with Crippen LogP contribution in [0.15, 0.2) is 28.8 Å². The Kier molecular flexibility index (Phi) is 11.5. The van der Waals surface area contributed by atoms with E-state index < -0.39 is 5.97 Å². The number of benzene rings is 1. The lowest BCUT2D eigenvalue weighted by Gasteiger charge is -2.34. The molecule has 3 aromatic rings. The van der Waals surface area contributed by atoms with Gasteiger partial charge >= 0.3 is 5.97 Å². The zero-order valence-corrected chi connectivity index (χ0v) is 24.2. The predicted octanol–water partition coefficient (Wildman–Crippen LogP) is 3.16. The number of hydrogen-bond donors (Lipinski definition) is 3. The fourth-order valence-corrected chi connectivity index (χ4v) is 5.32. The van der Waals surface area contributed by atoms with Gasteiger partial charge in [0.1, 0.15) is 4.88 Å². The van der Waals surface area contributed by atoms with Crippen molar-refractivity contribution in [2.24, 2.45) is 5.92 Å². The molecule has 1 fully saturated rings. The predicted molar refractivity (Wildman–Crippen MR) is 151 cm³/mol. The highest BCUT2D eigenvalue weighted by Crippen LogP contribution is 2.26. The number of carboxylic acid groups (broad SMARTS) is 1. The van der Waals surface area contributed by atoms with Crippen molar-refractivity contribution in [3.05, 3.63) is 46.3 Å². The fourth-order valence-electron chi connectivity index (χ4n) is 4.44. The van der Waals surface area contributed by atoms with E-state index in [0.717, 1.165) is 37.3 Å². The Balaban J connectivity index is 0.00000147. The van der Waals surface area contributed by atoms with Crippen LogP contribution >= 0.6 is 11.3 Å². The van der Waals surface area contributed by atoms with E-state index in [1.807, 2.05) is 6.07 Å². The lowest BCUT2D eigenvalue weighted by Crippen LogP contribution is -2.46. The number of carbonyl (C=O) groups is 4. The number of esters is 1. The third kappa shape index (κ3) is 8.91. The molecule has 41 heavy (non-hydrogen) atoms. The zero-order chi connectivity index (χ0) is 29.9. The van der Waals surface area contributed by atoms with E-state index in [0.29, 0.717) is 38.5 Å². The first kappa shape index (κ1) is 31.4. The van der Waals surface area contributed by atoms with Gasteiger partial charge in [0.2, 0.25) is 17.6 Å². The normalized spacial score (nSPS) is 14.3. The van der Waals surface area contributed by atoms with Crippen LogP contribution in [0.4, 0.5) is 5.13 Å². The van der Waals surface area contributed by atoms with Crippen molar-refractivity contribution in [1.29, 1.82) is 0 Å². The van der Waals surface area contributed by atoms with E-state index >= 15 is 0 Å². The highest BCUT2D eigenvalue weighted by molar-refractivity contribution is 7.17. The number of thiazole rings is 1. The largest absolute Gasteiger partial charge is 0.483 e. The molecule has 1 saturated heterocycles. The molecule has 0 saturated carbocycles. The van der Waals surface area contributed by atoms with Gasteiger partial charge in [-0.25, -0.2) is 9.78 Å². The van der Waals surface area contributed by atoms with E-state index in [9.17, 15) is 14.4 Å². The molecule has 3 heterocycles. The smallest absolute Gasteiger partial charge is 0.350 e. The Bertz CT molecular complexity index is 1350. The highest BCUT2D eigenvalue weighted by Gasteiger charge is 2.29. The number of nitrogens with zero attached hydrogens (tertiary/aromatic N) is 4. The summed E-state index contributed by atoms with van der Waals surface area (Å²) in [7, 11) is 2.06. The van der Waals surface area contributed by atoms with Crippen molar-refractivity contribution in [1.82, 2.24) is 25.3 Å². The highest BCUT2D eigenvalue weighted by atomic mass is 32.1. The molecule has 4 rings (SSSR count). The van der Waals surface area contributed by atoms with Crippen LogP contribution in [0.3, 0.4) is 0 Å². The van der Waals surface area contributed by atoms with Crippen LogP contribution < -0.4 is 10.6 Å². The minimum absolute atomic E-state index is 0.0806. The third-order valence-corrected chi connectivity index (χ3v) is 7.52. The van der Waals surface area contributed by atoms with Gasteiger partial charge in [0.05, 0.1) is 12.3 Å². The van der Waals surface area contributed by atoms with Crippen LogP contribution in [-0.2, 0) is 14.3 Å². The summed E-state index contributed by atoms with van der Waals surface area (Å²) in [6, 6.07) is 6.62. The van der Waals surface area contributed by atoms with Crippen molar-refractivity contribution in [2.75, 3.05) is 32.1 Å². The van der Waals surface area contributed by atoms with Gasteiger partial charge in [-0.2, -0.15) is 4.98 Å². The SMILES string of the molecule is CCOC(=O)c1sc(NC(=O)CC(NC(=O)c2cccc(-c3noc(C)n3)c2)C2CCN(C)CC2)nc1C.O=CO. The molecular weight excluding hydrogens is 552 g/mol. The van der Waals surface area contributed by atoms with Crippen LogP contribution in [0.2, 0.25) is 0 Å². The first-order chi connectivity index (χ1) is 19.6. The Morgan fingerprint density at radius 1 is 1.24 bits per heavy atom.